The SMILES string of the molecule is C=CC1(C)c2ccccc2N2c3ncncc3N(c3ccncc3)C2C1(C)C. The van der Waals surface area contributed by atoms with E-state index < -0.39 is 0 Å². The Morgan fingerprint density at radius 2 is 1.71 bits per heavy atom. The Kier molecular flexibility index (Phi) is 3.41. The minimum Gasteiger partial charge on any atom is -0.315 e. The van der Waals surface area contributed by atoms with Gasteiger partial charge < -0.3 is 9.80 Å². The highest BCUT2D eigenvalue weighted by Gasteiger charge is 2.59. The van der Waals surface area contributed by atoms with Crippen molar-refractivity contribution < 1.29 is 0 Å². The van der Waals surface area contributed by atoms with E-state index in [1.807, 2.05) is 30.7 Å². The summed E-state index contributed by atoms with van der Waals surface area (Å²) in [6, 6.07) is 12.7. The number of rotatable bonds is 2. The highest BCUT2D eigenvalue weighted by molar-refractivity contribution is 5.88. The number of para-hydroxylation sites is 1. The Bertz CT molecular complexity index is 1060. The smallest absolute Gasteiger partial charge is 0.162 e. The zero-order chi connectivity index (χ0) is 19.5. The zero-order valence-electron chi connectivity index (χ0n) is 16.4. The molecule has 2 aromatic heterocycles. The molecule has 28 heavy (non-hydrogen) atoms. The Balaban J connectivity index is 1.86. The molecule has 2 unspecified atom stereocenters. The van der Waals surface area contributed by atoms with Crippen molar-refractivity contribution in [1.82, 2.24) is 15.0 Å². The topological polar surface area (TPSA) is 45.2 Å². The molecule has 5 rings (SSSR count). The standard InChI is InChI=1S/C23H23N5/c1-5-23(4)17-8-6-7-9-18(17)28-20-19(14-25-15-26-20)27(21(28)22(23,2)3)16-10-12-24-13-11-16/h5-15,21H,1H2,2-4H3. The Hall–Kier alpha value is -3.21. The molecule has 5 heteroatoms. The molecule has 4 heterocycles. The third-order valence-electron chi connectivity index (χ3n) is 6.71. The molecule has 5 nitrogen and oxygen atoms in total. The van der Waals surface area contributed by atoms with Gasteiger partial charge in [0.1, 0.15) is 18.2 Å². The summed E-state index contributed by atoms with van der Waals surface area (Å²) >= 11 is 0. The van der Waals surface area contributed by atoms with Crippen molar-refractivity contribution in [3.8, 4) is 0 Å². The van der Waals surface area contributed by atoms with Crippen LogP contribution in [0.2, 0.25) is 0 Å². The van der Waals surface area contributed by atoms with Gasteiger partial charge in [0, 0.05) is 34.6 Å². The molecule has 2 aliphatic rings. The van der Waals surface area contributed by atoms with E-state index >= 15 is 0 Å². The summed E-state index contributed by atoms with van der Waals surface area (Å²) in [6.45, 7) is 11.2. The number of allylic oxidation sites excluding steroid dienone is 1. The Morgan fingerprint density at radius 3 is 2.46 bits per heavy atom. The molecule has 2 atom stereocenters. The van der Waals surface area contributed by atoms with Crippen molar-refractivity contribution in [1.29, 1.82) is 0 Å². The van der Waals surface area contributed by atoms with Crippen LogP contribution in [0, 0.1) is 5.41 Å². The quantitative estimate of drug-likeness (QED) is 0.597. The second-order valence-electron chi connectivity index (χ2n) is 8.20. The molecule has 2 aliphatic heterocycles. The second-order valence-corrected chi connectivity index (χ2v) is 8.20. The molecule has 0 N–H and O–H groups in total. The number of fused-ring (bicyclic) bond motifs is 5. The molecule has 0 aliphatic carbocycles. The molecule has 0 fully saturated rings. The summed E-state index contributed by atoms with van der Waals surface area (Å²) in [5, 5.41) is 0. The fraction of sp³-hybridized carbons (Fsp3) is 0.261. The van der Waals surface area contributed by atoms with Crippen LogP contribution in [0.25, 0.3) is 0 Å². The van der Waals surface area contributed by atoms with Gasteiger partial charge in [0.05, 0.1) is 6.20 Å². The van der Waals surface area contributed by atoms with Gasteiger partial charge >= 0.3 is 0 Å². The molecular formula is C23H23N5. The monoisotopic (exact) mass is 369 g/mol. The molecule has 0 amide bonds. The van der Waals surface area contributed by atoms with E-state index in [2.05, 4.69) is 82.4 Å². The van der Waals surface area contributed by atoms with Crippen LogP contribution in [0.3, 0.4) is 0 Å². The van der Waals surface area contributed by atoms with Crippen molar-refractivity contribution in [2.24, 2.45) is 5.41 Å². The maximum atomic E-state index is 4.69. The minimum atomic E-state index is -0.217. The molecule has 0 spiro atoms. The summed E-state index contributed by atoms with van der Waals surface area (Å²) in [6.07, 6.45) is 9.33. The van der Waals surface area contributed by atoms with Gasteiger partial charge in [-0.2, -0.15) is 0 Å². The van der Waals surface area contributed by atoms with Crippen LogP contribution in [0.15, 0.2) is 74.0 Å². The summed E-state index contributed by atoms with van der Waals surface area (Å²) in [5.41, 5.74) is 4.14. The average molecular weight is 369 g/mol. The van der Waals surface area contributed by atoms with E-state index in [9.17, 15) is 0 Å². The number of benzene rings is 1. The van der Waals surface area contributed by atoms with Crippen molar-refractivity contribution >= 4 is 22.9 Å². The van der Waals surface area contributed by atoms with Gasteiger partial charge in [-0.15, -0.1) is 6.58 Å². The normalized spacial score (nSPS) is 24.3. The van der Waals surface area contributed by atoms with Gasteiger partial charge in [-0.3, -0.25) is 4.98 Å². The zero-order valence-corrected chi connectivity index (χ0v) is 16.4. The van der Waals surface area contributed by atoms with Gasteiger partial charge in [0.25, 0.3) is 0 Å². The predicted octanol–water partition coefficient (Wildman–Crippen LogP) is 4.97. The van der Waals surface area contributed by atoms with Gasteiger partial charge in [-0.25, -0.2) is 9.97 Å². The second kappa shape index (κ2) is 5.64. The van der Waals surface area contributed by atoms with Crippen LogP contribution in [0.5, 0.6) is 0 Å². The summed E-state index contributed by atoms with van der Waals surface area (Å²) in [5.74, 6) is 0.934. The van der Waals surface area contributed by atoms with E-state index in [0.717, 1.165) is 17.2 Å². The minimum absolute atomic E-state index is 0.0273. The van der Waals surface area contributed by atoms with E-state index in [0.29, 0.717) is 0 Å². The maximum Gasteiger partial charge on any atom is 0.162 e. The van der Waals surface area contributed by atoms with E-state index in [1.54, 1.807) is 6.33 Å². The number of pyridine rings is 1. The first-order valence-corrected chi connectivity index (χ1v) is 9.52. The fourth-order valence-corrected chi connectivity index (χ4v) is 4.82. The van der Waals surface area contributed by atoms with Crippen LogP contribution in [-0.2, 0) is 5.41 Å². The third kappa shape index (κ3) is 1.93. The Labute approximate surface area is 165 Å². The lowest BCUT2D eigenvalue weighted by Crippen LogP contribution is -2.60. The molecule has 140 valence electrons. The lowest BCUT2D eigenvalue weighted by atomic mass is 9.58. The number of anilines is 4. The van der Waals surface area contributed by atoms with E-state index in [1.165, 1.54) is 11.3 Å². The molecule has 0 radical (unpaired) electrons. The molecule has 0 saturated heterocycles. The number of hydrogen-bond donors (Lipinski definition) is 0. The van der Waals surface area contributed by atoms with Crippen LogP contribution < -0.4 is 9.80 Å². The lowest BCUT2D eigenvalue weighted by molar-refractivity contribution is 0.171. The molecule has 0 saturated carbocycles. The van der Waals surface area contributed by atoms with E-state index in [4.69, 9.17) is 0 Å². The van der Waals surface area contributed by atoms with Crippen molar-refractivity contribution in [3.05, 3.63) is 79.5 Å². The maximum absolute atomic E-state index is 4.69. The lowest BCUT2D eigenvalue weighted by Gasteiger charge is -2.56. The predicted molar refractivity (Wildman–Crippen MR) is 112 cm³/mol. The Morgan fingerprint density at radius 1 is 0.964 bits per heavy atom. The van der Waals surface area contributed by atoms with Crippen molar-refractivity contribution in [2.45, 2.75) is 32.4 Å². The first-order valence-electron chi connectivity index (χ1n) is 9.52. The first kappa shape index (κ1) is 16.9. The van der Waals surface area contributed by atoms with Crippen molar-refractivity contribution in [2.75, 3.05) is 9.80 Å². The summed E-state index contributed by atoms with van der Waals surface area (Å²) < 4.78 is 0. The third-order valence-corrected chi connectivity index (χ3v) is 6.71. The van der Waals surface area contributed by atoms with Crippen LogP contribution in [-0.4, -0.2) is 21.1 Å². The van der Waals surface area contributed by atoms with Gasteiger partial charge in [-0.1, -0.05) is 45.0 Å². The van der Waals surface area contributed by atoms with Gasteiger partial charge in [0.15, 0.2) is 5.82 Å². The fourth-order valence-electron chi connectivity index (χ4n) is 4.82. The average Bonchev–Trinajstić information content (AvgIpc) is 3.09. The van der Waals surface area contributed by atoms with Crippen LogP contribution in [0.4, 0.5) is 22.9 Å². The number of nitrogens with zero attached hydrogens (tertiary/aromatic N) is 5. The van der Waals surface area contributed by atoms with Crippen LogP contribution in [0.1, 0.15) is 26.3 Å². The van der Waals surface area contributed by atoms with Gasteiger partial charge in [-0.05, 0) is 23.8 Å². The highest BCUT2D eigenvalue weighted by atomic mass is 15.5. The molecule has 1 aromatic carbocycles. The number of aromatic nitrogens is 3. The summed E-state index contributed by atoms with van der Waals surface area (Å²) in [4.78, 5) is 17.9. The van der Waals surface area contributed by atoms with Crippen LogP contribution >= 0.6 is 0 Å². The van der Waals surface area contributed by atoms with Gasteiger partial charge in [0.2, 0.25) is 0 Å². The largest absolute Gasteiger partial charge is 0.315 e. The molecule has 0 bridgehead atoms. The number of hydrogen-bond acceptors (Lipinski definition) is 5. The summed E-state index contributed by atoms with van der Waals surface area (Å²) in [7, 11) is 0. The molecule has 3 aromatic rings. The van der Waals surface area contributed by atoms with Crippen molar-refractivity contribution in [3.63, 3.8) is 0 Å². The molecular weight excluding hydrogens is 346 g/mol. The first-order chi connectivity index (χ1) is 13.5. The van der Waals surface area contributed by atoms with E-state index in [-0.39, 0.29) is 17.0 Å². The highest BCUT2D eigenvalue weighted by Crippen LogP contribution is 2.61.